The lowest BCUT2D eigenvalue weighted by atomic mass is 9.88. The number of aliphatic hydroxyl groups excluding tert-OH is 2. The molecular weight excluding hydrogens is 330 g/mol. The lowest BCUT2D eigenvalue weighted by Gasteiger charge is -2.25. The highest BCUT2D eigenvalue weighted by atomic mass is 16.3. The SMILES string of the molecule is O=C(Cn1c(C2CCCCC2)nc2ccccc21)N1C[C@H](O)C[C@H]1CO. The zero-order valence-electron chi connectivity index (χ0n) is 15.0. The first kappa shape index (κ1) is 17.5. The fourth-order valence-corrected chi connectivity index (χ4v) is 4.53. The summed E-state index contributed by atoms with van der Waals surface area (Å²) in [6.45, 7) is 0.411. The van der Waals surface area contributed by atoms with E-state index >= 15 is 0 Å². The Morgan fingerprint density at radius 2 is 1.96 bits per heavy atom. The van der Waals surface area contributed by atoms with Crippen LogP contribution >= 0.6 is 0 Å². The van der Waals surface area contributed by atoms with Crippen LogP contribution in [0.25, 0.3) is 11.0 Å². The van der Waals surface area contributed by atoms with Crippen molar-refractivity contribution in [2.24, 2.45) is 0 Å². The lowest BCUT2D eigenvalue weighted by molar-refractivity contribution is -0.133. The van der Waals surface area contributed by atoms with Gasteiger partial charge >= 0.3 is 0 Å². The van der Waals surface area contributed by atoms with Crippen LogP contribution in [0.4, 0.5) is 0 Å². The molecule has 0 spiro atoms. The van der Waals surface area contributed by atoms with Crippen molar-refractivity contribution in [2.75, 3.05) is 13.2 Å². The molecule has 6 nitrogen and oxygen atoms in total. The minimum atomic E-state index is -0.548. The Bertz CT molecular complexity index is 782. The Balaban J connectivity index is 1.65. The minimum absolute atomic E-state index is 0.0548. The summed E-state index contributed by atoms with van der Waals surface area (Å²) in [6, 6.07) is 7.69. The number of aliphatic hydroxyl groups is 2. The summed E-state index contributed by atoms with van der Waals surface area (Å²) in [4.78, 5) is 19.5. The van der Waals surface area contributed by atoms with Gasteiger partial charge in [0.1, 0.15) is 12.4 Å². The highest BCUT2D eigenvalue weighted by Crippen LogP contribution is 2.34. The minimum Gasteiger partial charge on any atom is -0.394 e. The average Bonchev–Trinajstić information content (AvgIpc) is 3.23. The molecule has 1 aromatic heterocycles. The van der Waals surface area contributed by atoms with Gasteiger partial charge in [-0.05, 0) is 31.4 Å². The molecule has 0 radical (unpaired) electrons. The fraction of sp³-hybridized carbons (Fsp3) is 0.600. The Labute approximate surface area is 153 Å². The summed E-state index contributed by atoms with van der Waals surface area (Å²) in [6.07, 6.45) is 5.85. The van der Waals surface area contributed by atoms with Gasteiger partial charge < -0.3 is 19.7 Å². The van der Waals surface area contributed by atoms with Crippen LogP contribution in [0.5, 0.6) is 0 Å². The van der Waals surface area contributed by atoms with Crippen molar-refractivity contribution in [3.05, 3.63) is 30.1 Å². The standard InChI is InChI=1S/C20H27N3O3/c24-13-15-10-16(25)11-22(15)19(26)12-23-18-9-5-4-8-17(18)21-20(23)14-6-2-1-3-7-14/h4-5,8-9,14-16,24-25H,1-3,6-7,10-13H2/t15-,16+/m0/s1. The first-order valence-corrected chi connectivity index (χ1v) is 9.71. The van der Waals surface area contributed by atoms with Crippen molar-refractivity contribution in [1.82, 2.24) is 14.5 Å². The number of hydrogen-bond acceptors (Lipinski definition) is 4. The molecule has 1 saturated carbocycles. The maximum atomic E-state index is 13.0. The number of fused-ring (bicyclic) bond motifs is 1. The summed E-state index contributed by atoms with van der Waals surface area (Å²) in [5.41, 5.74) is 1.92. The van der Waals surface area contributed by atoms with Crippen molar-refractivity contribution in [2.45, 2.75) is 63.1 Å². The molecule has 2 aliphatic rings. The van der Waals surface area contributed by atoms with Crippen LogP contribution in [0.15, 0.2) is 24.3 Å². The van der Waals surface area contributed by atoms with Crippen LogP contribution < -0.4 is 0 Å². The van der Waals surface area contributed by atoms with Crippen LogP contribution in [0, 0.1) is 0 Å². The van der Waals surface area contributed by atoms with Crippen molar-refractivity contribution < 1.29 is 15.0 Å². The van der Waals surface area contributed by atoms with Gasteiger partial charge in [0.15, 0.2) is 0 Å². The molecule has 0 unspecified atom stereocenters. The maximum absolute atomic E-state index is 13.0. The average molecular weight is 357 g/mol. The third kappa shape index (κ3) is 3.23. The quantitative estimate of drug-likeness (QED) is 0.878. The normalized spacial score (nSPS) is 24.5. The Morgan fingerprint density at radius 3 is 2.73 bits per heavy atom. The third-order valence-electron chi connectivity index (χ3n) is 5.87. The molecule has 26 heavy (non-hydrogen) atoms. The summed E-state index contributed by atoms with van der Waals surface area (Å²) < 4.78 is 2.06. The summed E-state index contributed by atoms with van der Waals surface area (Å²) in [5, 5.41) is 19.4. The summed E-state index contributed by atoms with van der Waals surface area (Å²) in [7, 11) is 0. The van der Waals surface area contributed by atoms with Gasteiger partial charge in [0.2, 0.25) is 5.91 Å². The third-order valence-corrected chi connectivity index (χ3v) is 5.87. The van der Waals surface area contributed by atoms with Crippen molar-refractivity contribution >= 4 is 16.9 Å². The molecule has 1 amide bonds. The highest BCUT2D eigenvalue weighted by Gasteiger charge is 2.34. The number of aromatic nitrogens is 2. The van der Waals surface area contributed by atoms with Crippen LogP contribution in [-0.4, -0.2) is 55.9 Å². The van der Waals surface area contributed by atoms with Crippen LogP contribution in [0.3, 0.4) is 0 Å². The fourth-order valence-electron chi connectivity index (χ4n) is 4.53. The highest BCUT2D eigenvalue weighted by molar-refractivity contribution is 5.81. The molecular formula is C20H27N3O3. The second kappa shape index (κ2) is 7.37. The van der Waals surface area contributed by atoms with Gasteiger partial charge in [-0.15, -0.1) is 0 Å². The van der Waals surface area contributed by atoms with Crippen LogP contribution in [-0.2, 0) is 11.3 Å². The predicted molar refractivity (Wildman–Crippen MR) is 98.8 cm³/mol. The van der Waals surface area contributed by atoms with E-state index in [0.717, 1.165) is 29.7 Å². The zero-order chi connectivity index (χ0) is 18.1. The van der Waals surface area contributed by atoms with E-state index in [4.69, 9.17) is 4.98 Å². The zero-order valence-corrected chi connectivity index (χ0v) is 15.0. The van der Waals surface area contributed by atoms with E-state index in [1.54, 1.807) is 4.90 Å². The van der Waals surface area contributed by atoms with E-state index in [1.807, 2.05) is 24.3 Å². The lowest BCUT2D eigenvalue weighted by Crippen LogP contribution is -2.40. The molecule has 6 heteroatoms. The number of rotatable bonds is 4. The molecule has 2 fully saturated rings. The van der Waals surface area contributed by atoms with Crippen molar-refractivity contribution in [3.8, 4) is 0 Å². The topological polar surface area (TPSA) is 78.6 Å². The van der Waals surface area contributed by atoms with Gasteiger partial charge in [0.25, 0.3) is 0 Å². The van der Waals surface area contributed by atoms with E-state index < -0.39 is 6.10 Å². The van der Waals surface area contributed by atoms with Crippen molar-refractivity contribution in [1.29, 1.82) is 0 Å². The van der Waals surface area contributed by atoms with Gasteiger partial charge in [-0.25, -0.2) is 4.98 Å². The molecule has 4 rings (SSSR count). The number of likely N-dealkylation sites (tertiary alicyclic amines) is 1. The number of carbonyl (C=O) groups is 1. The van der Waals surface area contributed by atoms with E-state index in [-0.39, 0.29) is 25.1 Å². The second-order valence-corrected chi connectivity index (χ2v) is 7.65. The smallest absolute Gasteiger partial charge is 0.242 e. The molecule has 0 bridgehead atoms. The van der Waals surface area contributed by atoms with Gasteiger partial charge in [-0.3, -0.25) is 4.79 Å². The molecule has 140 valence electrons. The number of hydrogen-bond donors (Lipinski definition) is 2. The molecule has 2 N–H and O–H groups in total. The number of nitrogens with zero attached hydrogens (tertiary/aromatic N) is 3. The Hall–Kier alpha value is -1.92. The molecule has 1 aromatic carbocycles. The van der Waals surface area contributed by atoms with E-state index in [9.17, 15) is 15.0 Å². The van der Waals surface area contributed by atoms with E-state index in [1.165, 1.54) is 19.3 Å². The number of β-amino-alcohol motifs (C(OH)–C–C–N with tert-alkyl or cyclic N) is 1. The summed E-state index contributed by atoms with van der Waals surface area (Å²) >= 11 is 0. The van der Waals surface area contributed by atoms with E-state index in [2.05, 4.69) is 4.57 Å². The molecule has 1 aliphatic carbocycles. The molecule has 1 aliphatic heterocycles. The largest absolute Gasteiger partial charge is 0.394 e. The molecule has 2 atom stereocenters. The van der Waals surface area contributed by atoms with Gasteiger partial charge in [0.05, 0.1) is 29.8 Å². The number of benzene rings is 1. The van der Waals surface area contributed by atoms with Crippen molar-refractivity contribution in [3.63, 3.8) is 0 Å². The van der Waals surface area contributed by atoms with Gasteiger partial charge in [-0.1, -0.05) is 31.4 Å². The Kier molecular flexibility index (Phi) is 4.96. The number of carbonyl (C=O) groups excluding carboxylic acids is 1. The first-order valence-electron chi connectivity index (χ1n) is 9.71. The second-order valence-electron chi connectivity index (χ2n) is 7.65. The van der Waals surface area contributed by atoms with Crippen LogP contribution in [0.1, 0.15) is 50.3 Å². The maximum Gasteiger partial charge on any atom is 0.242 e. The number of imidazole rings is 1. The monoisotopic (exact) mass is 357 g/mol. The van der Waals surface area contributed by atoms with E-state index in [0.29, 0.717) is 18.9 Å². The Morgan fingerprint density at radius 1 is 1.19 bits per heavy atom. The van der Waals surface area contributed by atoms with Crippen LogP contribution in [0.2, 0.25) is 0 Å². The first-order chi connectivity index (χ1) is 12.7. The van der Waals surface area contributed by atoms with Gasteiger partial charge in [-0.2, -0.15) is 0 Å². The summed E-state index contributed by atoms with van der Waals surface area (Å²) in [5.74, 6) is 1.36. The molecule has 1 saturated heterocycles. The predicted octanol–water partition coefficient (Wildman–Crippen LogP) is 2.04. The molecule has 2 aromatic rings. The number of amides is 1. The molecule has 2 heterocycles. The number of para-hydroxylation sites is 2. The van der Waals surface area contributed by atoms with Gasteiger partial charge in [0, 0.05) is 12.5 Å².